The summed E-state index contributed by atoms with van der Waals surface area (Å²) in [6.45, 7) is 6.67. The van der Waals surface area contributed by atoms with E-state index in [1.165, 1.54) is 96.3 Å². The summed E-state index contributed by atoms with van der Waals surface area (Å²) in [5.41, 5.74) is 0. The van der Waals surface area contributed by atoms with Gasteiger partial charge in [0.2, 0.25) is 5.91 Å². The molecular weight excluding hydrogens is 880 g/mol. The molecule has 400 valence electrons. The lowest BCUT2D eigenvalue weighted by Crippen LogP contribution is -2.47. The van der Waals surface area contributed by atoms with E-state index >= 15 is 0 Å². The molecule has 69 heavy (non-hydrogen) atoms. The summed E-state index contributed by atoms with van der Waals surface area (Å²) in [6.07, 6.45) is 61.5. The molecule has 0 aliphatic carbocycles. The van der Waals surface area contributed by atoms with Crippen LogP contribution in [0.25, 0.3) is 0 Å². The predicted molar refractivity (Wildman–Crippen MR) is 293 cm³/mol. The van der Waals surface area contributed by atoms with Gasteiger partial charge in [-0.25, -0.2) is 0 Å². The minimum atomic E-state index is -4.70. The van der Waals surface area contributed by atoms with Crippen molar-refractivity contribution in [2.24, 2.45) is 0 Å². The van der Waals surface area contributed by atoms with Crippen LogP contribution in [0.5, 0.6) is 0 Å². The number of nitrogens with one attached hydrogen (secondary N) is 1. The molecule has 0 fully saturated rings. The van der Waals surface area contributed by atoms with E-state index in [4.69, 9.17) is 13.8 Å². The summed E-state index contributed by atoms with van der Waals surface area (Å²) in [5.74, 6) is -0.578. The van der Waals surface area contributed by atoms with E-state index < -0.39 is 26.6 Å². The number of esters is 1. The maximum atomic E-state index is 13.5. The minimum absolute atomic E-state index is 0.0303. The highest BCUT2D eigenvalue weighted by molar-refractivity contribution is 7.45. The van der Waals surface area contributed by atoms with Crippen molar-refractivity contribution in [2.45, 2.75) is 251 Å². The predicted octanol–water partition coefficient (Wildman–Crippen LogP) is 16.3. The summed E-state index contributed by atoms with van der Waals surface area (Å²) in [5, 5.41) is 3.01. The van der Waals surface area contributed by atoms with Gasteiger partial charge in [0.1, 0.15) is 19.3 Å². The molecule has 0 rings (SSSR count). The van der Waals surface area contributed by atoms with Gasteiger partial charge < -0.3 is 28.5 Å². The van der Waals surface area contributed by atoms with Crippen molar-refractivity contribution in [2.75, 3.05) is 40.9 Å². The summed E-state index contributed by atoms with van der Waals surface area (Å²) < 4.78 is 30.2. The third kappa shape index (κ3) is 50.2. The molecule has 1 amide bonds. The Bertz CT molecular complexity index is 1420. The Morgan fingerprint density at radius 1 is 0.522 bits per heavy atom. The molecule has 9 nitrogen and oxygen atoms in total. The molecule has 3 atom stereocenters. The smallest absolute Gasteiger partial charge is 0.306 e. The van der Waals surface area contributed by atoms with E-state index in [1.54, 1.807) is 0 Å². The first kappa shape index (κ1) is 66.5. The average Bonchev–Trinajstić information content (AvgIpc) is 3.31. The van der Waals surface area contributed by atoms with Gasteiger partial charge in [0.25, 0.3) is 7.82 Å². The van der Waals surface area contributed by atoms with Crippen molar-refractivity contribution >= 4 is 19.7 Å². The van der Waals surface area contributed by atoms with Crippen LogP contribution in [0.2, 0.25) is 0 Å². The maximum absolute atomic E-state index is 13.5. The Kier molecular flexibility index (Phi) is 47.2. The molecule has 0 heterocycles. The number of carbonyl (C=O) groups excluding carboxylic acids is 2. The molecule has 0 bridgehead atoms. The number of hydrogen-bond donors (Lipinski definition) is 1. The van der Waals surface area contributed by atoms with Gasteiger partial charge in [-0.15, -0.1) is 0 Å². The number of rotatable bonds is 50. The van der Waals surface area contributed by atoms with Gasteiger partial charge in [-0.1, -0.05) is 203 Å². The van der Waals surface area contributed by atoms with E-state index in [0.717, 1.165) is 103 Å². The maximum Gasteiger partial charge on any atom is 0.306 e. The molecule has 3 unspecified atom stereocenters. The summed E-state index contributed by atoms with van der Waals surface area (Å²) >= 11 is 0. The van der Waals surface area contributed by atoms with Gasteiger partial charge >= 0.3 is 5.97 Å². The molecule has 0 aromatic rings. The number of amides is 1. The monoisotopic (exact) mass is 987 g/mol. The second-order valence-electron chi connectivity index (χ2n) is 20.1. The van der Waals surface area contributed by atoms with Crippen molar-refractivity contribution in [3.8, 4) is 0 Å². The zero-order valence-corrected chi connectivity index (χ0v) is 46.4. The van der Waals surface area contributed by atoms with Crippen molar-refractivity contribution in [3.05, 3.63) is 72.9 Å². The third-order valence-corrected chi connectivity index (χ3v) is 13.1. The Morgan fingerprint density at radius 2 is 0.928 bits per heavy atom. The topological polar surface area (TPSA) is 114 Å². The molecule has 0 spiro atoms. The second-order valence-corrected chi connectivity index (χ2v) is 21.5. The lowest BCUT2D eigenvalue weighted by Gasteiger charge is -2.30. The summed E-state index contributed by atoms with van der Waals surface area (Å²) in [7, 11) is 1.16. The fourth-order valence-electron chi connectivity index (χ4n) is 7.74. The van der Waals surface area contributed by atoms with Crippen LogP contribution in [-0.2, 0) is 27.9 Å². The molecule has 0 aliphatic heterocycles. The Labute approximate surface area is 425 Å². The van der Waals surface area contributed by atoms with Crippen LogP contribution in [0, 0.1) is 0 Å². The fourth-order valence-corrected chi connectivity index (χ4v) is 8.46. The number of likely N-dealkylation sites (N-methyl/N-ethyl adjacent to an activating group) is 1. The standard InChI is InChI=1S/C59H107N2O7P/c1-7-10-13-16-19-22-25-28-30-31-32-34-37-40-43-46-49-52-59(63)68-57(50-47-44-41-38-35-27-24-21-18-15-12-9-3)56(55-67-69(64,65)66-54-53-61(4,5)6)60-58(62)51-48-45-42-39-36-33-29-26-23-20-17-14-11-8-2/h11,14,19-20,22-23,28,30,32,34,47,50,56-57H,7-10,12-13,15-18,21,24-27,29,31,33,35-46,48-49,51-55H2,1-6H3,(H-,60,62,64,65)/b14-11+,22-19-,23-20+,30-28-,34-32-,50-47+. The van der Waals surface area contributed by atoms with E-state index in [2.05, 4.69) is 86.8 Å². The largest absolute Gasteiger partial charge is 0.756 e. The lowest BCUT2D eigenvalue weighted by atomic mass is 10.0. The van der Waals surface area contributed by atoms with Crippen LogP contribution >= 0.6 is 7.82 Å². The van der Waals surface area contributed by atoms with E-state index in [1.807, 2.05) is 33.3 Å². The zero-order chi connectivity index (χ0) is 50.8. The van der Waals surface area contributed by atoms with Gasteiger partial charge in [0, 0.05) is 12.8 Å². The molecule has 0 radical (unpaired) electrons. The first-order chi connectivity index (χ1) is 33.4. The van der Waals surface area contributed by atoms with E-state index in [0.29, 0.717) is 23.9 Å². The number of hydrogen-bond acceptors (Lipinski definition) is 7. The molecule has 0 aromatic heterocycles. The minimum Gasteiger partial charge on any atom is -0.756 e. The first-order valence-electron chi connectivity index (χ1n) is 28.2. The van der Waals surface area contributed by atoms with Crippen LogP contribution in [0.15, 0.2) is 72.9 Å². The number of phosphoric acid groups is 1. The number of phosphoric ester groups is 1. The molecule has 0 saturated carbocycles. The molecule has 0 aliphatic rings. The number of ether oxygens (including phenoxy) is 1. The van der Waals surface area contributed by atoms with Gasteiger partial charge in [-0.2, -0.15) is 0 Å². The molecule has 10 heteroatoms. The second kappa shape index (κ2) is 49.0. The number of unbranched alkanes of at least 4 members (excludes halogenated alkanes) is 24. The van der Waals surface area contributed by atoms with E-state index in [-0.39, 0.29) is 24.9 Å². The van der Waals surface area contributed by atoms with Gasteiger partial charge in [-0.05, 0) is 96.0 Å². The number of allylic oxidation sites excluding steroid dienone is 11. The molecular formula is C59H107N2O7P. The zero-order valence-electron chi connectivity index (χ0n) is 45.5. The van der Waals surface area contributed by atoms with Crippen LogP contribution in [0.1, 0.15) is 239 Å². The molecule has 0 aromatic carbocycles. The normalized spacial score (nSPS) is 14.4. The number of nitrogens with zero attached hydrogens (tertiary/aromatic N) is 1. The van der Waals surface area contributed by atoms with Gasteiger partial charge in [0.15, 0.2) is 0 Å². The van der Waals surface area contributed by atoms with Crippen LogP contribution < -0.4 is 10.2 Å². The third-order valence-electron chi connectivity index (χ3n) is 12.1. The molecule has 1 N–H and O–H groups in total. The quantitative estimate of drug-likeness (QED) is 0.0212. The van der Waals surface area contributed by atoms with Crippen molar-refractivity contribution in [3.63, 3.8) is 0 Å². The van der Waals surface area contributed by atoms with Crippen LogP contribution in [0.3, 0.4) is 0 Å². The summed E-state index contributed by atoms with van der Waals surface area (Å²) in [4.78, 5) is 39.8. The number of carbonyl (C=O) groups is 2. The van der Waals surface area contributed by atoms with Crippen molar-refractivity contribution in [1.82, 2.24) is 5.32 Å². The highest BCUT2D eigenvalue weighted by Gasteiger charge is 2.27. The van der Waals surface area contributed by atoms with Crippen LogP contribution in [-0.4, -0.2) is 69.4 Å². The first-order valence-corrected chi connectivity index (χ1v) is 29.7. The number of quaternary nitrogens is 1. The van der Waals surface area contributed by atoms with Gasteiger partial charge in [0.05, 0.1) is 33.8 Å². The average molecular weight is 987 g/mol. The lowest BCUT2D eigenvalue weighted by molar-refractivity contribution is -0.870. The summed E-state index contributed by atoms with van der Waals surface area (Å²) in [6, 6.07) is -0.903. The Hall–Kier alpha value is -2.55. The fraction of sp³-hybridized carbons (Fsp3) is 0.763. The van der Waals surface area contributed by atoms with Crippen LogP contribution in [0.4, 0.5) is 0 Å². The highest BCUT2D eigenvalue weighted by atomic mass is 31.2. The SMILES string of the molecule is CC/C=C/C/C=C/CCCCCCCCCC(=O)NC(COP(=O)([O-])OCC[N+](C)(C)C)C(/C=C/CCCCCCCCCCCC)OC(=O)CCCCCC/C=C\C/C=C\C/C=C\CCCCC. The highest BCUT2D eigenvalue weighted by Crippen LogP contribution is 2.38. The Morgan fingerprint density at radius 3 is 1.42 bits per heavy atom. The Balaban J connectivity index is 5.41. The van der Waals surface area contributed by atoms with Crippen molar-refractivity contribution in [1.29, 1.82) is 0 Å². The van der Waals surface area contributed by atoms with E-state index in [9.17, 15) is 19.0 Å². The van der Waals surface area contributed by atoms with Crippen molar-refractivity contribution < 1.29 is 37.3 Å². The van der Waals surface area contributed by atoms with Gasteiger partial charge in [-0.3, -0.25) is 14.2 Å². The molecule has 0 saturated heterocycles.